The predicted molar refractivity (Wildman–Crippen MR) is 348 cm³/mol. The molecule has 0 heterocycles. The van der Waals surface area contributed by atoms with Gasteiger partial charge in [-0.15, -0.1) is 0 Å². The van der Waals surface area contributed by atoms with Gasteiger partial charge in [0, 0.05) is 19.3 Å². The van der Waals surface area contributed by atoms with E-state index in [4.69, 9.17) is 14.2 Å². The smallest absolute Gasteiger partial charge is 0.306 e. The Hall–Kier alpha value is -2.89. The maximum absolute atomic E-state index is 12.9. The maximum Gasteiger partial charge on any atom is 0.306 e. The zero-order valence-corrected chi connectivity index (χ0v) is 53.6. The third-order valence-corrected chi connectivity index (χ3v) is 15.7. The minimum absolute atomic E-state index is 0.0738. The summed E-state index contributed by atoms with van der Waals surface area (Å²) in [7, 11) is 0. The summed E-state index contributed by atoms with van der Waals surface area (Å²) in [5.41, 5.74) is 0. The molecule has 0 N–H and O–H groups in total. The van der Waals surface area contributed by atoms with Crippen LogP contribution >= 0.6 is 0 Å². The summed E-state index contributed by atoms with van der Waals surface area (Å²) < 4.78 is 17.0. The van der Waals surface area contributed by atoms with Crippen LogP contribution in [0.25, 0.3) is 0 Å². The van der Waals surface area contributed by atoms with Crippen molar-refractivity contribution in [3.05, 3.63) is 60.8 Å². The van der Waals surface area contributed by atoms with Gasteiger partial charge < -0.3 is 14.2 Å². The lowest BCUT2D eigenvalue weighted by molar-refractivity contribution is -0.167. The number of unbranched alkanes of at least 4 members (excludes halogenated alkanes) is 44. The van der Waals surface area contributed by atoms with Crippen molar-refractivity contribution in [2.24, 2.45) is 0 Å². The number of carbonyl (C=O) groups excluding carboxylic acids is 3. The fourth-order valence-electron chi connectivity index (χ4n) is 10.4. The quantitative estimate of drug-likeness (QED) is 0.0261. The van der Waals surface area contributed by atoms with Crippen molar-refractivity contribution in [1.29, 1.82) is 0 Å². The molecule has 0 aliphatic carbocycles. The molecule has 0 fully saturated rings. The molecular weight excluding hydrogens is 985 g/mol. The van der Waals surface area contributed by atoms with Crippen LogP contribution < -0.4 is 0 Å². The number of hydrogen-bond donors (Lipinski definition) is 0. The molecule has 80 heavy (non-hydrogen) atoms. The van der Waals surface area contributed by atoms with E-state index in [0.717, 1.165) is 83.5 Å². The monoisotopic (exact) mass is 1120 g/mol. The normalized spacial score (nSPS) is 12.4. The summed E-state index contributed by atoms with van der Waals surface area (Å²) in [6, 6.07) is 0. The van der Waals surface area contributed by atoms with E-state index in [1.807, 2.05) is 0 Å². The van der Waals surface area contributed by atoms with E-state index in [0.29, 0.717) is 19.3 Å². The molecule has 0 saturated heterocycles. The molecule has 466 valence electrons. The van der Waals surface area contributed by atoms with Gasteiger partial charge in [-0.3, -0.25) is 14.4 Å². The van der Waals surface area contributed by atoms with Crippen LogP contribution in [0.5, 0.6) is 0 Å². The highest BCUT2D eigenvalue weighted by molar-refractivity contribution is 5.71. The molecular formula is C74H134O6. The van der Waals surface area contributed by atoms with Gasteiger partial charge in [-0.1, -0.05) is 326 Å². The van der Waals surface area contributed by atoms with E-state index < -0.39 is 6.10 Å². The molecule has 0 rings (SSSR count). The Bertz CT molecular complexity index is 1430. The summed E-state index contributed by atoms with van der Waals surface area (Å²) >= 11 is 0. The van der Waals surface area contributed by atoms with Crippen LogP contribution in [0.4, 0.5) is 0 Å². The fraction of sp³-hybridized carbons (Fsp3) is 0.824. The molecule has 6 heteroatoms. The van der Waals surface area contributed by atoms with Crippen LogP contribution in [-0.4, -0.2) is 37.2 Å². The van der Waals surface area contributed by atoms with E-state index in [1.54, 1.807) is 0 Å². The number of allylic oxidation sites excluding steroid dienone is 10. The number of hydrogen-bond acceptors (Lipinski definition) is 6. The molecule has 1 atom stereocenters. The third-order valence-electron chi connectivity index (χ3n) is 15.7. The molecule has 0 aromatic rings. The molecule has 0 bridgehead atoms. The highest BCUT2D eigenvalue weighted by Gasteiger charge is 2.19. The standard InChI is InChI=1S/C74H134O6/c1-4-7-10-13-16-19-22-25-28-31-33-34-35-36-37-38-39-40-41-44-46-49-52-55-58-61-64-67-73(76)79-70-71(69-78-72(75)66-63-60-57-54-51-48-45-42-30-27-24-21-18-15-12-9-6-3)80-74(77)68-65-62-59-56-53-50-47-43-32-29-26-23-20-17-14-11-8-5-2/h18,21-22,25,27,30-31,33,35-36,71H,4-17,19-20,23-24,26,28-29,32,34,37-70H2,1-3H3/b21-18-,25-22-,30-27-,33-31-,36-35-. The van der Waals surface area contributed by atoms with E-state index in [9.17, 15) is 14.4 Å². The molecule has 0 aliphatic rings. The summed E-state index contributed by atoms with van der Waals surface area (Å²) in [6.45, 7) is 6.66. The average molecular weight is 1120 g/mol. The molecule has 0 aromatic carbocycles. The topological polar surface area (TPSA) is 78.9 Å². The minimum Gasteiger partial charge on any atom is -0.462 e. The molecule has 0 amide bonds. The second kappa shape index (κ2) is 68.6. The number of carbonyl (C=O) groups is 3. The van der Waals surface area contributed by atoms with Crippen molar-refractivity contribution >= 4 is 17.9 Å². The second-order valence-corrected chi connectivity index (χ2v) is 23.8. The average Bonchev–Trinajstić information content (AvgIpc) is 3.46. The van der Waals surface area contributed by atoms with Gasteiger partial charge >= 0.3 is 17.9 Å². The van der Waals surface area contributed by atoms with Gasteiger partial charge in [-0.05, 0) is 89.9 Å². The maximum atomic E-state index is 12.9. The largest absolute Gasteiger partial charge is 0.462 e. The van der Waals surface area contributed by atoms with Crippen LogP contribution in [0.1, 0.15) is 374 Å². The van der Waals surface area contributed by atoms with Crippen molar-refractivity contribution in [3.8, 4) is 0 Å². The molecule has 0 radical (unpaired) electrons. The lowest BCUT2D eigenvalue weighted by atomic mass is 10.0. The number of ether oxygens (including phenoxy) is 3. The third kappa shape index (κ3) is 65.9. The lowest BCUT2D eigenvalue weighted by Crippen LogP contribution is -2.30. The Morgan fingerprint density at radius 1 is 0.250 bits per heavy atom. The van der Waals surface area contributed by atoms with Gasteiger partial charge in [-0.2, -0.15) is 0 Å². The second-order valence-electron chi connectivity index (χ2n) is 23.8. The van der Waals surface area contributed by atoms with E-state index >= 15 is 0 Å². The first-order valence-electron chi connectivity index (χ1n) is 35.3. The van der Waals surface area contributed by atoms with Crippen LogP contribution in [0, 0.1) is 0 Å². The van der Waals surface area contributed by atoms with Gasteiger partial charge in [-0.25, -0.2) is 0 Å². The predicted octanol–water partition coefficient (Wildman–Crippen LogP) is 24.3. The van der Waals surface area contributed by atoms with Crippen molar-refractivity contribution < 1.29 is 28.6 Å². The summed E-state index contributed by atoms with van der Waals surface area (Å²) in [4.78, 5) is 38.5. The highest BCUT2D eigenvalue weighted by atomic mass is 16.6. The molecule has 0 aromatic heterocycles. The Balaban J connectivity index is 4.30. The van der Waals surface area contributed by atoms with E-state index in [-0.39, 0.29) is 31.1 Å². The molecule has 0 spiro atoms. The zero-order valence-electron chi connectivity index (χ0n) is 53.6. The SMILES string of the molecule is CCCCC/C=C\C/C=C\CCCCCCCCCC(=O)OCC(COC(=O)CCCCCCCCCCCCCC/C=C\C/C=C\C/C=C\CCCCCCC)OC(=O)CCCCCCCCCCCCCCCCCCCC. The molecule has 1 unspecified atom stereocenters. The molecule has 6 nitrogen and oxygen atoms in total. The molecule has 0 saturated carbocycles. The van der Waals surface area contributed by atoms with Crippen molar-refractivity contribution in [2.45, 2.75) is 380 Å². The van der Waals surface area contributed by atoms with Gasteiger partial charge in [0.05, 0.1) is 0 Å². The van der Waals surface area contributed by atoms with Gasteiger partial charge in [0.1, 0.15) is 13.2 Å². The molecule has 0 aliphatic heterocycles. The van der Waals surface area contributed by atoms with Gasteiger partial charge in [0.25, 0.3) is 0 Å². The first kappa shape index (κ1) is 77.1. The van der Waals surface area contributed by atoms with E-state index in [1.165, 1.54) is 250 Å². The Morgan fingerprint density at radius 3 is 0.725 bits per heavy atom. The summed E-state index contributed by atoms with van der Waals surface area (Å²) in [6.07, 6.45) is 88.1. The van der Waals surface area contributed by atoms with Crippen LogP contribution in [-0.2, 0) is 28.6 Å². The van der Waals surface area contributed by atoms with E-state index in [2.05, 4.69) is 81.5 Å². The minimum atomic E-state index is -0.778. The first-order chi connectivity index (χ1) is 39.5. The van der Waals surface area contributed by atoms with Crippen molar-refractivity contribution in [1.82, 2.24) is 0 Å². The zero-order chi connectivity index (χ0) is 57.8. The number of rotatable bonds is 65. The Morgan fingerprint density at radius 2 is 0.450 bits per heavy atom. The summed E-state index contributed by atoms with van der Waals surface area (Å²) in [5.74, 6) is -0.858. The van der Waals surface area contributed by atoms with Crippen LogP contribution in [0.3, 0.4) is 0 Å². The highest BCUT2D eigenvalue weighted by Crippen LogP contribution is 2.18. The van der Waals surface area contributed by atoms with Crippen LogP contribution in [0.15, 0.2) is 60.8 Å². The van der Waals surface area contributed by atoms with Crippen molar-refractivity contribution in [2.75, 3.05) is 13.2 Å². The Labute approximate surface area is 498 Å². The Kier molecular flexibility index (Phi) is 66.1. The first-order valence-corrected chi connectivity index (χ1v) is 35.3. The van der Waals surface area contributed by atoms with Gasteiger partial charge in [0.15, 0.2) is 6.10 Å². The number of esters is 3. The van der Waals surface area contributed by atoms with Crippen molar-refractivity contribution in [3.63, 3.8) is 0 Å². The fourth-order valence-corrected chi connectivity index (χ4v) is 10.4. The van der Waals surface area contributed by atoms with Gasteiger partial charge in [0.2, 0.25) is 0 Å². The lowest BCUT2D eigenvalue weighted by Gasteiger charge is -2.18. The summed E-state index contributed by atoms with van der Waals surface area (Å²) in [5, 5.41) is 0. The van der Waals surface area contributed by atoms with Crippen LogP contribution in [0.2, 0.25) is 0 Å².